The Morgan fingerprint density at radius 1 is 0.939 bits per heavy atom. The normalized spacial score (nSPS) is 10.6. The van der Waals surface area contributed by atoms with Gasteiger partial charge in [0.05, 0.1) is 17.1 Å². The fourth-order valence-electron chi connectivity index (χ4n) is 3.15. The maximum atomic E-state index is 12.7. The van der Waals surface area contributed by atoms with E-state index < -0.39 is 0 Å². The largest absolute Gasteiger partial charge is 0.326 e. The minimum atomic E-state index is -0.362. The van der Waals surface area contributed by atoms with E-state index in [0.717, 1.165) is 10.0 Å². The molecule has 0 unspecified atom stereocenters. The molecular formula is C24H17BrCl2N4O2. The Labute approximate surface area is 208 Å². The molecule has 0 aliphatic carbocycles. The third kappa shape index (κ3) is 6.01. The highest BCUT2D eigenvalue weighted by Gasteiger charge is 2.13. The zero-order valence-corrected chi connectivity index (χ0v) is 20.1. The Kier molecular flexibility index (Phi) is 7.13. The number of carbonyl (C=O) groups is 2. The molecular weight excluding hydrogens is 527 g/mol. The lowest BCUT2D eigenvalue weighted by molar-refractivity contribution is -0.115. The third-order valence-electron chi connectivity index (χ3n) is 4.73. The number of halogens is 3. The van der Waals surface area contributed by atoms with Crippen molar-refractivity contribution in [1.29, 1.82) is 0 Å². The van der Waals surface area contributed by atoms with Crippen LogP contribution in [0.5, 0.6) is 0 Å². The van der Waals surface area contributed by atoms with Gasteiger partial charge < -0.3 is 10.6 Å². The molecule has 0 radical (unpaired) electrons. The number of carbonyl (C=O) groups excluding carboxylic acids is 2. The van der Waals surface area contributed by atoms with Crippen molar-refractivity contribution in [2.45, 2.75) is 6.42 Å². The fraction of sp³-hybridized carbons (Fsp3) is 0.0417. The number of H-pyrrole nitrogens is 1. The maximum Gasteiger partial charge on any atom is 0.256 e. The van der Waals surface area contributed by atoms with Gasteiger partial charge in [-0.25, -0.2) is 0 Å². The number of anilines is 2. The first-order valence-electron chi connectivity index (χ1n) is 9.84. The summed E-state index contributed by atoms with van der Waals surface area (Å²) in [5.41, 5.74) is 3.15. The molecule has 33 heavy (non-hydrogen) atoms. The number of rotatable bonds is 6. The standard InChI is InChI=1S/C24H17BrCl2N4O2/c25-16-6-4-14(5-7-16)10-23(32)28-18-3-1-2-15(11-18)24(33)29-22-13-21(30-31-22)19-9-8-17(26)12-20(19)27/h1-9,11-13H,10H2,(H,28,32)(H2,29,30,31,33). The predicted molar refractivity (Wildman–Crippen MR) is 135 cm³/mol. The van der Waals surface area contributed by atoms with Gasteiger partial charge in [0.2, 0.25) is 5.91 Å². The molecule has 4 rings (SSSR count). The molecule has 3 aromatic carbocycles. The van der Waals surface area contributed by atoms with Gasteiger partial charge in [0.15, 0.2) is 5.82 Å². The molecule has 0 saturated heterocycles. The summed E-state index contributed by atoms with van der Waals surface area (Å²) in [4.78, 5) is 25.1. The second-order valence-corrected chi connectivity index (χ2v) is 8.94. The van der Waals surface area contributed by atoms with Gasteiger partial charge in [0.1, 0.15) is 0 Å². The van der Waals surface area contributed by atoms with Gasteiger partial charge in [-0.2, -0.15) is 5.10 Å². The first kappa shape index (κ1) is 23.0. The number of benzene rings is 3. The summed E-state index contributed by atoms with van der Waals surface area (Å²) in [6, 6.07) is 21.0. The molecule has 1 heterocycles. The SMILES string of the molecule is O=C(Cc1ccc(Br)cc1)Nc1cccc(C(=O)Nc2cc(-c3ccc(Cl)cc3Cl)[nH]n2)c1. The van der Waals surface area contributed by atoms with Crippen molar-refractivity contribution in [1.82, 2.24) is 10.2 Å². The molecule has 166 valence electrons. The van der Waals surface area contributed by atoms with Crippen LogP contribution in [0.2, 0.25) is 10.0 Å². The Hall–Kier alpha value is -3.13. The Bertz CT molecular complexity index is 1320. The van der Waals surface area contributed by atoms with Gasteiger partial charge >= 0.3 is 0 Å². The monoisotopic (exact) mass is 542 g/mol. The van der Waals surface area contributed by atoms with Gasteiger partial charge in [-0.05, 0) is 54.1 Å². The molecule has 9 heteroatoms. The van der Waals surface area contributed by atoms with Gasteiger partial charge in [0, 0.05) is 32.4 Å². The van der Waals surface area contributed by atoms with Crippen molar-refractivity contribution in [3.05, 3.63) is 98.4 Å². The summed E-state index contributed by atoms with van der Waals surface area (Å²) < 4.78 is 0.950. The smallest absolute Gasteiger partial charge is 0.256 e. The number of aromatic amines is 1. The van der Waals surface area contributed by atoms with Crippen molar-refractivity contribution in [2.24, 2.45) is 0 Å². The highest BCUT2D eigenvalue weighted by molar-refractivity contribution is 9.10. The molecule has 0 aliphatic heterocycles. The predicted octanol–water partition coefficient (Wildman–Crippen LogP) is 6.58. The second-order valence-electron chi connectivity index (χ2n) is 7.18. The van der Waals surface area contributed by atoms with Crippen LogP contribution in [0.4, 0.5) is 11.5 Å². The summed E-state index contributed by atoms with van der Waals surface area (Å²) in [6.45, 7) is 0. The minimum Gasteiger partial charge on any atom is -0.326 e. The van der Waals surface area contributed by atoms with Crippen molar-refractivity contribution in [3.63, 3.8) is 0 Å². The van der Waals surface area contributed by atoms with Crippen LogP contribution in [-0.2, 0) is 11.2 Å². The molecule has 0 bridgehead atoms. The molecule has 1 aromatic heterocycles. The number of amides is 2. The van der Waals surface area contributed by atoms with Crippen LogP contribution in [-0.4, -0.2) is 22.0 Å². The Morgan fingerprint density at radius 3 is 2.48 bits per heavy atom. The van der Waals surface area contributed by atoms with Gasteiger partial charge in [-0.3, -0.25) is 14.7 Å². The van der Waals surface area contributed by atoms with E-state index in [9.17, 15) is 9.59 Å². The van der Waals surface area contributed by atoms with Crippen molar-refractivity contribution < 1.29 is 9.59 Å². The van der Waals surface area contributed by atoms with Crippen LogP contribution in [0, 0.1) is 0 Å². The zero-order valence-electron chi connectivity index (χ0n) is 17.0. The van der Waals surface area contributed by atoms with E-state index >= 15 is 0 Å². The van der Waals surface area contributed by atoms with Crippen LogP contribution >= 0.6 is 39.1 Å². The topological polar surface area (TPSA) is 86.9 Å². The minimum absolute atomic E-state index is 0.174. The molecule has 0 fully saturated rings. The van der Waals surface area contributed by atoms with E-state index in [4.69, 9.17) is 23.2 Å². The van der Waals surface area contributed by atoms with Crippen LogP contribution in [0.3, 0.4) is 0 Å². The molecule has 0 saturated carbocycles. The second kappa shape index (κ2) is 10.2. The molecule has 4 aromatic rings. The summed E-state index contributed by atoms with van der Waals surface area (Å²) in [5.74, 6) is -0.198. The first-order valence-corrected chi connectivity index (χ1v) is 11.4. The van der Waals surface area contributed by atoms with Crippen molar-refractivity contribution in [2.75, 3.05) is 10.6 Å². The van der Waals surface area contributed by atoms with Crippen molar-refractivity contribution >= 4 is 62.5 Å². The highest BCUT2D eigenvalue weighted by Crippen LogP contribution is 2.30. The Balaban J connectivity index is 1.41. The van der Waals surface area contributed by atoms with Crippen LogP contribution in [0.25, 0.3) is 11.3 Å². The fourth-order valence-corrected chi connectivity index (χ4v) is 3.93. The lowest BCUT2D eigenvalue weighted by Crippen LogP contribution is -2.16. The molecule has 0 atom stereocenters. The first-order chi connectivity index (χ1) is 15.9. The molecule has 0 spiro atoms. The average molecular weight is 544 g/mol. The average Bonchev–Trinajstić information content (AvgIpc) is 3.23. The number of hydrogen-bond acceptors (Lipinski definition) is 3. The van der Waals surface area contributed by atoms with E-state index in [1.807, 2.05) is 24.3 Å². The van der Waals surface area contributed by atoms with Crippen molar-refractivity contribution in [3.8, 4) is 11.3 Å². The number of hydrogen-bond donors (Lipinski definition) is 3. The number of nitrogens with zero attached hydrogens (tertiary/aromatic N) is 1. The molecule has 3 N–H and O–H groups in total. The summed E-state index contributed by atoms with van der Waals surface area (Å²) in [6.07, 6.45) is 0.229. The quantitative estimate of drug-likeness (QED) is 0.257. The maximum absolute atomic E-state index is 12.7. The van der Waals surface area contributed by atoms with Gasteiger partial charge in [0.25, 0.3) is 5.91 Å². The van der Waals surface area contributed by atoms with Crippen LogP contribution in [0.15, 0.2) is 77.3 Å². The van der Waals surface area contributed by atoms with E-state index in [2.05, 4.69) is 36.8 Å². The zero-order chi connectivity index (χ0) is 23.4. The van der Waals surface area contributed by atoms with Crippen LogP contribution in [0.1, 0.15) is 15.9 Å². The van der Waals surface area contributed by atoms with E-state index in [1.165, 1.54) is 0 Å². The van der Waals surface area contributed by atoms with Gasteiger partial charge in [-0.1, -0.05) is 57.3 Å². The lowest BCUT2D eigenvalue weighted by Gasteiger charge is -2.08. The van der Waals surface area contributed by atoms with E-state index in [1.54, 1.807) is 48.5 Å². The summed E-state index contributed by atoms with van der Waals surface area (Å²) in [7, 11) is 0. The molecule has 6 nitrogen and oxygen atoms in total. The molecule has 2 amide bonds. The third-order valence-corrected chi connectivity index (χ3v) is 5.80. The van der Waals surface area contributed by atoms with Gasteiger partial charge in [-0.15, -0.1) is 0 Å². The van der Waals surface area contributed by atoms with E-state index in [0.29, 0.717) is 38.4 Å². The summed E-state index contributed by atoms with van der Waals surface area (Å²) >= 11 is 15.6. The Morgan fingerprint density at radius 2 is 1.73 bits per heavy atom. The summed E-state index contributed by atoms with van der Waals surface area (Å²) in [5, 5.41) is 13.5. The lowest BCUT2D eigenvalue weighted by atomic mass is 10.1. The number of nitrogens with one attached hydrogen (secondary N) is 3. The highest BCUT2D eigenvalue weighted by atomic mass is 79.9. The van der Waals surface area contributed by atoms with Crippen LogP contribution < -0.4 is 10.6 Å². The molecule has 0 aliphatic rings. The van der Waals surface area contributed by atoms with E-state index in [-0.39, 0.29) is 18.2 Å². The number of aromatic nitrogens is 2.